The van der Waals surface area contributed by atoms with E-state index < -0.39 is 0 Å². The van der Waals surface area contributed by atoms with E-state index in [9.17, 15) is 5.26 Å². The molecule has 1 N–H and O–H groups in total. The molecule has 0 aromatic heterocycles. The maximum absolute atomic E-state index is 9.60. The van der Waals surface area contributed by atoms with Gasteiger partial charge in [-0.15, -0.1) is 0 Å². The molecule has 1 aromatic rings. The van der Waals surface area contributed by atoms with Crippen molar-refractivity contribution >= 4 is 0 Å². The van der Waals surface area contributed by atoms with Gasteiger partial charge in [0.15, 0.2) is 0 Å². The van der Waals surface area contributed by atoms with E-state index in [-0.39, 0.29) is 5.41 Å². The van der Waals surface area contributed by atoms with Gasteiger partial charge in [-0.3, -0.25) is 0 Å². The van der Waals surface area contributed by atoms with Crippen molar-refractivity contribution in [2.45, 2.75) is 50.1 Å². The van der Waals surface area contributed by atoms with Crippen LogP contribution in [0.4, 0.5) is 0 Å². The first-order valence-electron chi connectivity index (χ1n) is 8.21. The third-order valence-corrected chi connectivity index (χ3v) is 5.24. The zero-order chi connectivity index (χ0) is 14.7. The fourth-order valence-electron chi connectivity index (χ4n) is 3.80. The first kappa shape index (κ1) is 14.6. The van der Waals surface area contributed by atoms with E-state index in [1.807, 2.05) is 18.2 Å². The minimum absolute atomic E-state index is 0.247. The zero-order valence-corrected chi connectivity index (χ0v) is 12.9. The molecule has 3 heteroatoms. The molecule has 2 fully saturated rings. The minimum Gasteiger partial charge on any atom is -0.311 e. The largest absolute Gasteiger partial charge is 0.311 e. The lowest BCUT2D eigenvalue weighted by atomic mass is 9.62. The van der Waals surface area contributed by atoms with Crippen LogP contribution in [0, 0.1) is 11.3 Å². The van der Waals surface area contributed by atoms with E-state index in [4.69, 9.17) is 0 Å². The summed E-state index contributed by atoms with van der Waals surface area (Å²) >= 11 is 0. The van der Waals surface area contributed by atoms with Crippen LogP contribution >= 0.6 is 0 Å². The smallest absolute Gasteiger partial charge is 0.0852 e. The molecular formula is C18H25N3. The van der Waals surface area contributed by atoms with Gasteiger partial charge in [-0.1, -0.05) is 37.3 Å². The van der Waals surface area contributed by atoms with E-state index in [0.29, 0.717) is 12.1 Å². The molecule has 1 heterocycles. The van der Waals surface area contributed by atoms with Crippen molar-refractivity contribution in [3.8, 4) is 6.07 Å². The summed E-state index contributed by atoms with van der Waals surface area (Å²) in [6.07, 6.45) is 4.41. The molecule has 0 unspecified atom stereocenters. The second kappa shape index (κ2) is 6.17. The van der Waals surface area contributed by atoms with E-state index in [2.05, 4.69) is 35.3 Å². The van der Waals surface area contributed by atoms with Crippen molar-refractivity contribution in [3.05, 3.63) is 35.9 Å². The number of benzene rings is 1. The second-order valence-electron chi connectivity index (χ2n) is 6.54. The summed E-state index contributed by atoms with van der Waals surface area (Å²) in [5, 5.41) is 13.4. The van der Waals surface area contributed by atoms with Gasteiger partial charge in [0.1, 0.15) is 0 Å². The predicted octanol–water partition coefficient (Wildman–Crippen LogP) is 2.68. The summed E-state index contributed by atoms with van der Waals surface area (Å²) in [4.78, 5) is 2.52. The summed E-state index contributed by atoms with van der Waals surface area (Å²) in [5.41, 5.74) is 0.939. The van der Waals surface area contributed by atoms with Gasteiger partial charge >= 0.3 is 0 Å². The molecule has 21 heavy (non-hydrogen) atoms. The molecule has 0 bridgehead atoms. The third kappa shape index (κ3) is 2.97. The minimum atomic E-state index is -0.247. The molecule has 112 valence electrons. The van der Waals surface area contributed by atoms with Crippen molar-refractivity contribution in [1.29, 1.82) is 5.26 Å². The van der Waals surface area contributed by atoms with Crippen LogP contribution in [0.1, 0.15) is 38.2 Å². The van der Waals surface area contributed by atoms with Crippen LogP contribution in [0.25, 0.3) is 0 Å². The fraction of sp³-hybridized carbons (Fsp3) is 0.611. The van der Waals surface area contributed by atoms with Crippen molar-refractivity contribution in [1.82, 2.24) is 10.2 Å². The number of hydrogen-bond donors (Lipinski definition) is 1. The molecule has 1 saturated carbocycles. The van der Waals surface area contributed by atoms with Crippen molar-refractivity contribution < 1.29 is 0 Å². The van der Waals surface area contributed by atoms with Gasteiger partial charge in [-0.05, 0) is 50.9 Å². The Morgan fingerprint density at radius 2 is 1.86 bits per heavy atom. The highest BCUT2D eigenvalue weighted by molar-refractivity contribution is 5.36. The summed E-state index contributed by atoms with van der Waals surface area (Å²) in [6.45, 7) is 5.83. The predicted molar refractivity (Wildman–Crippen MR) is 85.0 cm³/mol. The lowest BCUT2D eigenvalue weighted by molar-refractivity contribution is 0.158. The van der Waals surface area contributed by atoms with Crippen molar-refractivity contribution in [3.63, 3.8) is 0 Å². The summed E-state index contributed by atoms with van der Waals surface area (Å²) in [6, 6.07) is 14.0. The first-order valence-corrected chi connectivity index (χ1v) is 8.21. The van der Waals surface area contributed by atoms with E-state index in [0.717, 1.165) is 12.8 Å². The maximum Gasteiger partial charge on any atom is 0.0852 e. The van der Waals surface area contributed by atoms with Gasteiger partial charge in [-0.25, -0.2) is 0 Å². The molecule has 3 rings (SSSR count). The van der Waals surface area contributed by atoms with Gasteiger partial charge in [-0.2, -0.15) is 5.26 Å². The standard InChI is InChI=1S/C18H25N3/c1-2-21-10-8-16(9-11-21)20-17-12-18(13-17,14-19)15-6-4-3-5-7-15/h3-7,16-17,20H,2,8-13H2,1H3. The number of likely N-dealkylation sites (tertiary alicyclic amines) is 1. The van der Waals surface area contributed by atoms with Crippen LogP contribution in [0.3, 0.4) is 0 Å². The molecule has 0 atom stereocenters. The molecule has 1 aliphatic heterocycles. The number of nitrogens with zero attached hydrogens (tertiary/aromatic N) is 2. The van der Waals surface area contributed by atoms with Crippen LogP contribution < -0.4 is 5.32 Å². The van der Waals surface area contributed by atoms with Crippen LogP contribution in [-0.2, 0) is 5.41 Å². The number of hydrogen-bond acceptors (Lipinski definition) is 3. The topological polar surface area (TPSA) is 39.1 Å². The van der Waals surface area contributed by atoms with Gasteiger partial charge in [0.25, 0.3) is 0 Å². The Bertz CT molecular complexity index is 491. The Balaban J connectivity index is 1.52. The van der Waals surface area contributed by atoms with E-state index in [1.165, 1.54) is 38.0 Å². The van der Waals surface area contributed by atoms with Gasteiger partial charge in [0.05, 0.1) is 11.5 Å². The Labute approximate surface area is 128 Å². The highest BCUT2D eigenvalue weighted by atomic mass is 15.1. The Kier molecular flexibility index (Phi) is 4.28. The van der Waals surface area contributed by atoms with E-state index in [1.54, 1.807) is 0 Å². The molecule has 3 nitrogen and oxygen atoms in total. The van der Waals surface area contributed by atoms with Crippen LogP contribution in [-0.4, -0.2) is 36.6 Å². The van der Waals surface area contributed by atoms with Gasteiger partial charge in [0.2, 0.25) is 0 Å². The quantitative estimate of drug-likeness (QED) is 0.923. The number of nitrogens with one attached hydrogen (secondary N) is 1. The van der Waals surface area contributed by atoms with Crippen LogP contribution in [0.2, 0.25) is 0 Å². The summed E-state index contributed by atoms with van der Waals surface area (Å²) in [7, 11) is 0. The van der Waals surface area contributed by atoms with Crippen LogP contribution in [0.15, 0.2) is 30.3 Å². The molecule has 0 radical (unpaired) electrons. The Morgan fingerprint density at radius 3 is 2.43 bits per heavy atom. The van der Waals surface area contributed by atoms with Crippen LogP contribution in [0.5, 0.6) is 0 Å². The highest BCUT2D eigenvalue weighted by Crippen LogP contribution is 2.43. The number of rotatable bonds is 4. The number of piperidine rings is 1. The fourth-order valence-corrected chi connectivity index (χ4v) is 3.80. The Morgan fingerprint density at radius 1 is 1.19 bits per heavy atom. The lowest BCUT2D eigenvalue weighted by Crippen LogP contribution is -2.55. The summed E-state index contributed by atoms with van der Waals surface area (Å²) in [5.74, 6) is 0. The molecule has 1 saturated heterocycles. The molecule has 0 amide bonds. The van der Waals surface area contributed by atoms with Gasteiger partial charge in [0, 0.05) is 12.1 Å². The average molecular weight is 283 g/mol. The maximum atomic E-state index is 9.60. The first-order chi connectivity index (χ1) is 10.3. The zero-order valence-electron chi connectivity index (χ0n) is 12.9. The molecule has 1 aliphatic carbocycles. The molecule has 2 aliphatic rings. The molecule has 1 aromatic carbocycles. The monoisotopic (exact) mass is 283 g/mol. The highest BCUT2D eigenvalue weighted by Gasteiger charge is 2.46. The SMILES string of the molecule is CCN1CCC(NC2CC(C#N)(c3ccccc3)C2)CC1. The van der Waals surface area contributed by atoms with Gasteiger partial charge < -0.3 is 10.2 Å². The third-order valence-electron chi connectivity index (χ3n) is 5.24. The number of nitriles is 1. The van der Waals surface area contributed by atoms with Crippen molar-refractivity contribution in [2.24, 2.45) is 0 Å². The average Bonchev–Trinajstić information content (AvgIpc) is 2.52. The molecular weight excluding hydrogens is 258 g/mol. The Hall–Kier alpha value is -1.37. The molecule has 0 spiro atoms. The normalized spacial score (nSPS) is 30.6. The second-order valence-corrected chi connectivity index (χ2v) is 6.54. The lowest BCUT2D eigenvalue weighted by Gasteiger charge is -2.46. The summed E-state index contributed by atoms with van der Waals surface area (Å²) < 4.78 is 0. The van der Waals surface area contributed by atoms with Crippen molar-refractivity contribution in [2.75, 3.05) is 19.6 Å². The van der Waals surface area contributed by atoms with E-state index >= 15 is 0 Å².